The van der Waals surface area contributed by atoms with Crippen LogP contribution in [-0.2, 0) is 14.3 Å². The van der Waals surface area contributed by atoms with E-state index in [0.717, 1.165) is 0 Å². The first kappa shape index (κ1) is 17.5. The minimum absolute atomic E-state index is 0.104. The van der Waals surface area contributed by atoms with Gasteiger partial charge in [0.15, 0.2) is 0 Å². The van der Waals surface area contributed by atoms with E-state index in [1.165, 1.54) is 7.11 Å². The lowest BCUT2D eigenvalue weighted by Crippen LogP contribution is -2.28. The van der Waals surface area contributed by atoms with Crippen molar-refractivity contribution in [2.75, 3.05) is 33.5 Å². The zero-order valence-corrected chi connectivity index (χ0v) is 10.8. The van der Waals surface area contributed by atoms with Gasteiger partial charge in [0.2, 0.25) is 5.91 Å². The van der Waals surface area contributed by atoms with Crippen LogP contribution in [-0.4, -0.2) is 50.9 Å². The Morgan fingerprint density at radius 3 is 2.67 bits per heavy atom. The van der Waals surface area contributed by atoms with Gasteiger partial charge in [-0.1, -0.05) is 0 Å². The topological polar surface area (TPSA) is 47.6 Å². The summed E-state index contributed by atoms with van der Waals surface area (Å²) in [7, 11) is 1.52. The number of carbonyl (C=O) groups is 1. The molecule has 1 atom stereocenters. The molecule has 0 spiro atoms. The molecule has 1 amide bonds. The zero-order valence-electron chi connectivity index (χ0n) is 10.1. The zero-order chi connectivity index (χ0) is 14.0. The van der Waals surface area contributed by atoms with Gasteiger partial charge in [-0.15, -0.1) is 11.6 Å². The van der Waals surface area contributed by atoms with Gasteiger partial charge in [0, 0.05) is 20.1 Å². The summed E-state index contributed by atoms with van der Waals surface area (Å²) in [6.07, 6.45) is -3.93. The standard InChI is InChI=1S/C10H17ClF3NO3/c1-17-6-8(11)2-4-15-9(16)3-5-18-7-10(12,13)14/h8H,2-7H2,1H3,(H,15,16). The number of nitrogens with one attached hydrogen (secondary N) is 1. The smallest absolute Gasteiger partial charge is 0.383 e. The van der Waals surface area contributed by atoms with Gasteiger partial charge < -0.3 is 14.8 Å². The molecule has 0 saturated carbocycles. The van der Waals surface area contributed by atoms with Gasteiger partial charge in [0.25, 0.3) is 0 Å². The van der Waals surface area contributed by atoms with E-state index in [1.807, 2.05) is 0 Å². The summed E-state index contributed by atoms with van der Waals surface area (Å²) in [5, 5.41) is 2.33. The maximum Gasteiger partial charge on any atom is 0.411 e. The average molecular weight is 292 g/mol. The quantitative estimate of drug-likeness (QED) is 0.520. The first-order chi connectivity index (χ1) is 8.35. The number of methoxy groups -OCH3 is 1. The van der Waals surface area contributed by atoms with Gasteiger partial charge in [-0.05, 0) is 6.42 Å². The molecule has 4 nitrogen and oxygen atoms in total. The Labute approximate surface area is 109 Å². The normalized spacial score (nSPS) is 13.4. The first-order valence-electron chi connectivity index (χ1n) is 5.39. The third kappa shape index (κ3) is 11.9. The predicted molar refractivity (Wildman–Crippen MR) is 60.6 cm³/mol. The van der Waals surface area contributed by atoms with Crippen molar-refractivity contribution in [3.05, 3.63) is 0 Å². The van der Waals surface area contributed by atoms with E-state index in [2.05, 4.69) is 10.1 Å². The van der Waals surface area contributed by atoms with Crippen molar-refractivity contribution in [2.24, 2.45) is 0 Å². The third-order valence-electron chi connectivity index (χ3n) is 1.87. The van der Waals surface area contributed by atoms with Crippen molar-refractivity contribution < 1.29 is 27.4 Å². The van der Waals surface area contributed by atoms with Crippen LogP contribution >= 0.6 is 11.6 Å². The van der Waals surface area contributed by atoms with E-state index in [0.29, 0.717) is 19.6 Å². The highest BCUT2D eigenvalue weighted by Gasteiger charge is 2.27. The van der Waals surface area contributed by atoms with E-state index in [9.17, 15) is 18.0 Å². The highest BCUT2D eigenvalue weighted by Crippen LogP contribution is 2.14. The molecule has 0 saturated heterocycles. The molecule has 1 N–H and O–H groups in total. The number of hydrogen-bond acceptors (Lipinski definition) is 3. The molecule has 18 heavy (non-hydrogen) atoms. The Bertz CT molecular complexity index is 239. The van der Waals surface area contributed by atoms with Crippen molar-refractivity contribution >= 4 is 17.5 Å². The summed E-state index contributed by atoms with van der Waals surface area (Å²) in [4.78, 5) is 11.2. The Hall–Kier alpha value is -0.530. The Balaban J connectivity index is 3.43. The number of hydrogen-bond donors (Lipinski definition) is 1. The fourth-order valence-electron chi connectivity index (χ4n) is 1.07. The number of amides is 1. The summed E-state index contributed by atoms with van der Waals surface area (Å²) < 4.78 is 44.2. The Morgan fingerprint density at radius 2 is 2.11 bits per heavy atom. The third-order valence-corrected chi connectivity index (χ3v) is 2.21. The van der Waals surface area contributed by atoms with E-state index in [4.69, 9.17) is 16.3 Å². The Morgan fingerprint density at radius 1 is 1.44 bits per heavy atom. The van der Waals surface area contributed by atoms with Crippen molar-refractivity contribution in [1.29, 1.82) is 0 Å². The molecular weight excluding hydrogens is 275 g/mol. The fourth-order valence-corrected chi connectivity index (χ4v) is 1.31. The van der Waals surface area contributed by atoms with Gasteiger partial charge >= 0.3 is 6.18 Å². The second-order valence-corrected chi connectivity index (χ2v) is 4.23. The van der Waals surface area contributed by atoms with E-state index in [1.54, 1.807) is 0 Å². The summed E-state index contributed by atoms with van der Waals surface area (Å²) in [5.74, 6) is -0.363. The molecule has 0 aromatic carbocycles. The molecule has 0 fully saturated rings. The van der Waals surface area contributed by atoms with Crippen molar-refractivity contribution in [3.8, 4) is 0 Å². The van der Waals surface area contributed by atoms with Crippen LogP contribution in [0.5, 0.6) is 0 Å². The van der Waals surface area contributed by atoms with Crippen molar-refractivity contribution in [3.63, 3.8) is 0 Å². The van der Waals surface area contributed by atoms with Gasteiger partial charge in [-0.3, -0.25) is 4.79 Å². The van der Waals surface area contributed by atoms with Crippen LogP contribution in [0, 0.1) is 0 Å². The lowest BCUT2D eigenvalue weighted by molar-refractivity contribution is -0.174. The molecule has 0 aromatic heterocycles. The molecule has 8 heteroatoms. The lowest BCUT2D eigenvalue weighted by Gasteiger charge is -2.10. The molecule has 0 aromatic rings. The van der Waals surface area contributed by atoms with Gasteiger partial charge in [0.05, 0.1) is 18.6 Å². The molecule has 0 aliphatic heterocycles. The lowest BCUT2D eigenvalue weighted by atomic mass is 10.3. The Kier molecular flexibility index (Phi) is 9.13. The van der Waals surface area contributed by atoms with Crippen LogP contribution in [0.4, 0.5) is 13.2 Å². The molecule has 0 bridgehead atoms. The molecule has 0 rings (SSSR count). The average Bonchev–Trinajstić information content (AvgIpc) is 2.23. The van der Waals surface area contributed by atoms with Crippen molar-refractivity contribution in [1.82, 2.24) is 5.32 Å². The molecule has 0 radical (unpaired) electrons. The summed E-state index contributed by atoms with van der Waals surface area (Å²) in [6.45, 7) is -0.854. The highest BCUT2D eigenvalue weighted by atomic mass is 35.5. The van der Waals surface area contributed by atoms with E-state index in [-0.39, 0.29) is 24.3 Å². The maximum absolute atomic E-state index is 11.7. The molecule has 108 valence electrons. The minimum atomic E-state index is -4.36. The molecule has 0 heterocycles. The second-order valence-electron chi connectivity index (χ2n) is 3.61. The van der Waals surface area contributed by atoms with Crippen LogP contribution in [0.25, 0.3) is 0 Å². The summed E-state index contributed by atoms with van der Waals surface area (Å²) >= 11 is 5.82. The summed E-state index contributed by atoms with van der Waals surface area (Å²) in [5.41, 5.74) is 0. The van der Waals surface area contributed by atoms with Crippen LogP contribution in [0.1, 0.15) is 12.8 Å². The number of rotatable bonds is 9. The van der Waals surface area contributed by atoms with Gasteiger partial charge in [0.1, 0.15) is 6.61 Å². The number of carbonyl (C=O) groups excluding carboxylic acids is 1. The van der Waals surface area contributed by atoms with Crippen LogP contribution in [0.3, 0.4) is 0 Å². The fraction of sp³-hybridized carbons (Fsp3) is 0.900. The maximum atomic E-state index is 11.7. The molecular formula is C10H17ClF3NO3. The SMILES string of the molecule is COCC(Cl)CCNC(=O)CCOCC(F)(F)F. The minimum Gasteiger partial charge on any atom is -0.383 e. The van der Waals surface area contributed by atoms with Crippen LogP contribution in [0.2, 0.25) is 0 Å². The van der Waals surface area contributed by atoms with Crippen LogP contribution in [0.15, 0.2) is 0 Å². The molecule has 0 aliphatic carbocycles. The molecule has 0 aliphatic rings. The van der Waals surface area contributed by atoms with Crippen molar-refractivity contribution in [2.45, 2.75) is 24.4 Å². The number of halogens is 4. The monoisotopic (exact) mass is 291 g/mol. The largest absolute Gasteiger partial charge is 0.411 e. The number of alkyl halides is 4. The van der Waals surface area contributed by atoms with Gasteiger partial charge in [-0.2, -0.15) is 13.2 Å². The number of ether oxygens (including phenoxy) is 2. The van der Waals surface area contributed by atoms with Gasteiger partial charge in [-0.25, -0.2) is 0 Å². The van der Waals surface area contributed by atoms with E-state index < -0.39 is 12.8 Å². The first-order valence-corrected chi connectivity index (χ1v) is 5.83. The van der Waals surface area contributed by atoms with Crippen LogP contribution < -0.4 is 5.32 Å². The van der Waals surface area contributed by atoms with E-state index >= 15 is 0 Å². The predicted octanol–water partition coefficient (Wildman–Crippen LogP) is 1.72. The highest BCUT2D eigenvalue weighted by molar-refractivity contribution is 6.20. The second kappa shape index (κ2) is 9.41. The summed E-state index contributed by atoms with van der Waals surface area (Å²) in [6, 6.07) is 0. The molecule has 1 unspecified atom stereocenters.